The van der Waals surface area contributed by atoms with E-state index in [0.717, 1.165) is 0 Å². The van der Waals surface area contributed by atoms with Crippen LogP contribution in [0.15, 0.2) is 12.3 Å². The summed E-state index contributed by atoms with van der Waals surface area (Å²) in [6.07, 6.45) is 1.49. The molecule has 0 radical (unpaired) electrons. The lowest BCUT2D eigenvalue weighted by Crippen LogP contribution is -2.34. The number of carbonyl (C=O) groups excluding carboxylic acids is 1. The topological polar surface area (TPSA) is 85.2 Å². The Balaban J connectivity index is 2.96. The molecule has 0 unspecified atom stereocenters. The van der Waals surface area contributed by atoms with Crippen LogP contribution in [0.25, 0.3) is 0 Å². The normalized spacial score (nSPS) is 10.0. The highest BCUT2D eigenvalue weighted by Crippen LogP contribution is 2.24. The van der Waals surface area contributed by atoms with Gasteiger partial charge >= 0.3 is 0 Å². The van der Waals surface area contributed by atoms with Gasteiger partial charge in [-0.1, -0.05) is 11.6 Å². The van der Waals surface area contributed by atoms with Gasteiger partial charge in [0.25, 0.3) is 0 Å². The SMILES string of the molecule is CCN(CC(N)=O)c1ncc(N)cc1Cl. The Morgan fingerprint density at radius 2 is 2.33 bits per heavy atom. The second kappa shape index (κ2) is 4.84. The van der Waals surface area contributed by atoms with Crippen LogP contribution in [0.2, 0.25) is 5.02 Å². The second-order valence-corrected chi connectivity index (χ2v) is 3.46. The number of anilines is 2. The van der Waals surface area contributed by atoms with E-state index in [9.17, 15) is 4.79 Å². The van der Waals surface area contributed by atoms with Gasteiger partial charge in [0.05, 0.1) is 23.5 Å². The molecule has 0 aliphatic heterocycles. The number of nitrogens with zero attached hydrogens (tertiary/aromatic N) is 2. The molecule has 0 bridgehead atoms. The zero-order chi connectivity index (χ0) is 11.4. The fraction of sp³-hybridized carbons (Fsp3) is 0.333. The molecule has 1 rings (SSSR count). The van der Waals surface area contributed by atoms with E-state index in [1.165, 1.54) is 6.20 Å². The van der Waals surface area contributed by atoms with Crippen molar-refractivity contribution >= 4 is 29.0 Å². The summed E-state index contributed by atoms with van der Waals surface area (Å²) in [6, 6.07) is 1.59. The van der Waals surface area contributed by atoms with E-state index in [2.05, 4.69) is 4.98 Å². The maximum Gasteiger partial charge on any atom is 0.236 e. The van der Waals surface area contributed by atoms with Crippen molar-refractivity contribution in [1.82, 2.24) is 4.98 Å². The smallest absolute Gasteiger partial charge is 0.236 e. The monoisotopic (exact) mass is 228 g/mol. The largest absolute Gasteiger partial charge is 0.397 e. The molecular weight excluding hydrogens is 216 g/mol. The number of pyridine rings is 1. The van der Waals surface area contributed by atoms with Gasteiger partial charge in [0, 0.05) is 6.54 Å². The lowest BCUT2D eigenvalue weighted by Gasteiger charge is -2.21. The molecule has 4 N–H and O–H groups in total. The molecule has 1 aromatic rings. The average Bonchev–Trinajstić information content (AvgIpc) is 2.14. The maximum absolute atomic E-state index is 10.8. The van der Waals surface area contributed by atoms with E-state index in [-0.39, 0.29) is 6.54 Å². The second-order valence-electron chi connectivity index (χ2n) is 3.05. The minimum absolute atomic E-state index is 0.0904. The number of primary amides is 1. The highest BCUT2D eigenvalue weighted by molar-refractivity contribution is 6.33. The van der Waals surface area contributed by atoms with Crippen molar-refractivity contribution in [3.8, 4) is 0 Å². The Morgan fingerprint density at radius 1 is 1.67 bits per heavy atom. The molecule has 1 amide bonds. The number of carbonyl (C=O) groups is 1. The van der Waals surface area contributed by atoms with Crippen LogP contribution in [0.3, 0.4) is 0 Å². The fourth-order valence-electron chi connectivity index (χ4n) is 1.20. The summed E-state index contributed by atoms with van der Waals surface area (Å²) in [4.78, 5) is 16.6. The van der Waals surface area contributed by atoms with Gasteiger partial charge in [0.1, 0.15) is 5.82 Å². The van der Waals surface area contributed by atoms with E-state index < -0.39 is 5.91 Å². The summed E-state index contributed by atoms with van der Waals surface area (Å²) >= 11 is 5.95. The van der Waals surface area contributed by atoms with Gasteiger partial charge in [-0.15, -0.1) is 0 Å². The van der Waals surface area contributed by atoms with Crippen LogP contribution >= 0.6 is 11.6 Å². The van der Waals surface area contributed by atoms with Crippen molar-refractivity contribution in [2.75, 3.05) is 23.7 Å². The van der Waals surface area contributed by atoms with Crippen molar-refractivity contribution in [3.05, 3.63) is 17.3 Å². The maximum atomic E-state index is 10.8. The summed E-state index contributed by atoms with van der Waals surface area (Å²) in [5.41, 5.74) is 11.1. The number of nitrogen functional groups attached to an aromatic ring is 1. The highest BCUT2D eigenvalue weighted by atomic mass is 35.5. The Hall–Kier alpha value is -1.49. The van der Waals surface area contributed by atoms with Crippen LogP contribution in [-0.4, -0.2) is 24.0 Å². The lowest BCUT2D eigenvalue weighted by atomic mass is 10.3. The van der Waals surface area contributed by atoms with Gasteiger partial charge in [-0.25, -0.2) is 4.98 Å². The molecule has 0 aliphatic rings. The molecule has 15 heavy (non-hydrogen) atoms. The summed E-state index contributed by atoms with van der Waals surface area (Å²) < 4.78 is 0. The molecule has 6 heteroatoms. The van der Waals surface area contributed by atoms with Gasteiger partial charge in [-0.05, 0) is 13.0 Å². The van der Waals surface area contributed by atoms with Crippen molar-refractivity contribution in [2.45, 2.75) is 6.92 Å². The van der Waals surface area contributed by atoms with Crippen LogP contribution in [0.4, 0.5) is 11.5 Å². The molecule has 0 atom stereocenters. The van der Waals surface area contributed by atoms with Gasteiger partial charge in [0.15, 0.2) is 0 Å². The molecule has 1 aromatic heterocycles. The summed E-state index contributed by atoms with van der Waals surface area (Å²) in [6.45, 7) is 2.57. The van der Waals surface area contributed by atoms with E-state index >= 15 is 0 Å². The molecule has 1 heterocycles. The molecule has 0 aliphatic carbocycles. The number of nitrogens with two attached hydrogens (primary N) is 2. The van der Waals surface area contributed by atoms with E-state index in [1.54, 1.807) is 11.0 Å². The van der Waals surface area contributed by atoms with E-state index in [4.69, 9.17) is 23.1 Å². The number of amides is 1. The van der Waals surface area contributed by atoms with Crippen LogP contribution in [0, 0.1) is 0 Å². The number of halogens is 1. The number of hydrogen-bond acceptors (Lipinski definition) is 4. The van der Waals surface area contributed by atoms with Crippen LogP contribution in [0.5, 0.6) is 0 Å². The summed E-state index contributed by atoms with van der Waals surface area (Å²) in [5.74, 6) is 0.0960. The van der Waals surface area contributed by atoms with Gasteiger partial charge in [0.2, 0.25) is 5.91 Å². The van der Waals surface area contributed by atoms with Gasteiger partial charge < -0.3 is 16.4 Å². The summed E-state index contributed by atoms with van der Waals surface area (Å²) in [7, 11) is 0. The van der Waals surface area contributed by atoms with E-state index in [0.29, 0.717) is 23.1 Å². The van der Waals surface area contributed by atoms with Crippen molar-refractivity contribution in [1.29, 1.82) is 0 Å². The molecule has 5 nitrogen and oxygen atoms in total. The molecule has 82 valence electrons. The number of aromatic nitrogens is 1. The van der Waals surface area contributed by atoms with Gasteiger partial charge in [-0.2, -0.15) is 0 Å². The molecule has 0 saturated heterocycles. The zero-order valence-electron chi connectivity index (χ0n) is 8.40. The van der Waals surface area contributed by atoms with Crippen molar-refractivity contribution < 1.29 is 4.79 Å². The third kappa shape index (κ3) is 2.99. The Kier molecular flexibility index (Phi) is 3.74. The first-order valence-corrected chi connectivity index (χ1v) is 4.86. The first kappa shape index (κ1) is 11.6. The Morgan fingerprint density at radius 3 is 2.80 bits per heavy atom. The van der Waals surface area contributed by atoms with Crippen molar-refractivity contribution in [3.63, 3.8) is 0 Å². The quantitative estimate of drug-likeness (QED) is 0.792. The fourth-order valence-corrected chi connectivity index (χ4v) is 1.50. The van der Waals surface area contributed by atoms with Crippen LogP contribution in [-0.2, 0) is 4.79 Å². The molecule has 0 spiro atoms. The predicted molar refractivity (Wildman–Crippen MR) is 60.7 cm³/mol. The third-order valence-electron chi connectivity index (χ3n) is 1.87. The standard InChI is InChI=1S/C9H13ClN4O/c1-2-14(5-8(12)15)9-7(10)3-6(11)4-13-9/h3-4H,2,5,11H2,1H3,(H2,12,15). The Labute approximate surface area is 93.0 Å². The molecule has 0 aromatic carbocycles. The van der Waals surface area contributed by atoms with Crippen molar-refractivity contribution in [2.24, 2.45) is 5.73 Å². The first-order valence-electron chi connectivity index (χ1n) is 4.49. The number of rotatable bonds is 4. The van der Waals surface area contributed by atoms with Crippen LogP contribution < -0.4 is 16.4 Å². The zero-order valence-corrected chi connectivity index (χ0v) is 9.16. The highest BCUT2D eigenvalue weighted by Gasteiger charge is 2.12. The Bertz CT molecular complexity index is 369. The first-order chi connectivity index (χ1) is 7.04. The molecule has 0 fully saturated rings. The summed E-state index contributed by atoms with van der Waals surface area (Å²) in [5, 5.41) is 0.415. The number of hydrogen-bond donors (Lipinski definition) is 2. The van der Waals surface area contributed by atoms with E-state index in [1.807, 2.05) is 6.92 Å². The van der Waals surface area contributed by atoms with Gasteiger partial charge in [-0.3, -0.25) is 4.79 Å². The minimum atomic E-state index is -0.424. The predicted octanol–water partition coefficient (Wildman–Crippen LogP) is 0.629. The molecular formula is C9H13ClN4O. The average molecular weight is 229 g/mol. The lowest BCUT2D eigenvalue weighted by molar-refractivity contribution is -0.116. The minimum Gasteiger partial charge on any atom is -0.397 e. The third-order valence-corrected chi connectivity index (χ3v) is 2.15. The van der Waals surface area contributed by atoms with Crippen LogP contribution in [0.1, 0.15) is 6.92 Å². The number of likely N-dealkylation sites (N-methyl/N-ethyl adjacent to an activating group) is 1. The molecule has 0 saturated carbocycles.